The summed E-state index contributed by atoms with van der Waals surface area (Å²) in [5, 5.41) is 10.6. The largest absolute Gasteiger partial charge is 0.496 e. The monoisotopic (exact) mass is 399 g/mol. The van der Waals surface area contributed by atoms with Crippen LogP contribution in [0.25, 0.3) is 6.08 Å². The van der Waals surface area contributed by atoms with E-state index in [1.54, 1.807) is 24.3 Å². The van der Waals surface area contributed by atoms with Crippen molar-refractivity contribution in [2.45, 2.75) is 0 Å². The third kappa shape index (κ3) is 3.86. The van der Waals surface area contributed by atoms with Gasteiger partial charge >= 0.3 is 5.24 Å². The van der Waals surface area contributed by atoms with E-state index < -0.39 is 22.0 Å². The van der Waals surface area contributed by atoms with Gasteiger partial charge in [-0.05, 0) is 36.0 Å². The lowest BCUT2D eigenvalue weighted by atomic mass is 10.2. The fourth-order valence-electron chi connectivity index (χ4n) is 2.39. The van der Waals surface area contributed by atoms with Crippen LogP contribution < -0.4 is 10.2 Å². The highest BCUT2D eigenvalue weighted by molar-refractivity contribution is 8.18. The molecule has 0 atom stereocenters. The Morgan fingerprint density at radius 2 is 1.86 bits per heavy atom. The summed E-state index contributed by atoms with van der Waals surface area (Å²) >= 11 is 0.678. The Kier molecular flexibility index (Phi) is 5.41. The number of hydrogen-bond acceptors (Lipinski definition) is 7. The first-order valence-corrected chi connectivity index (χ1v) is 8.69. The molecule has 2 aromatic rings. The molecule has 0 aliphatic carbocycles. The maximum Gasteiger partial charge on any atom is 0.312 e. The van der Waals surface area contributed by atoms with Crippen molar-refractivity contribution in [2.24, 2.45) is 0 Å². The van der Waals surface area contributed by atoms with Crippen molar-refractivity contribution in [2.75, 3.05) is 7.11 Å². The lowest BCUT2D eigenvalue weighted by molar-refractivity contribution is -0.384. The zero-order valence-electron chi connectivity index (χ0n) is 14.4. The van der Waals surface area contributed by atoms with Crippen molar-refractivity contribution in [3.05, 3.63) is 74.7 Å². The molecule has 0 aromatic heterocycles. The minimum atomic E-state index is -0.740. The van der Waals surface area contributed by atoms with Crippen molar-refractivity contribution in [3.63, 3.8) is 0 Å². The molecule has 3 rings (SSSR count). The van der Waals surface area contributed by atoms with E-state index in [9.17, 15) is 24.5 Å². The van der Waals surface area contributed by atoms with Crippen molar-refractivity contribution in [1.82, 2.24) is 10.4 Å². The van der Waals surface area contributed by atoms with Gasteiger partial charge in [-0.25, -0.2) is 0 Å². The number of nitrogens with one attached hydrogen (secondary N) is 1. The summed E-state index contributed by atoms with van der Waals surface area (Å²) < 4.78 is 5.21. The quantitative estimate of drug-likeness (QED) is 0.466. The third-order valence-electron chi connectivity index (χ3n) is 3.77. The molecule has 142 valence electrons. The maximum atomic E-state index is 12.5. The Hall–Kier alpha value is -3.66. The van der Waals surface area contributed by atoms with Gasteiger partial charge < -0.3 is 4.74 Å². The van der Waals surface area contributed by atoms with Crippen LogP contribution in [0, 0.1) is 10.1 Å². The minimum absolute atomic E-state index is 0.0679. The van der Waals surface area contributed by atoms with Crippen molar-refractivity contribution in [1.29, 1.82) is 0 Å². The number of methoxy groups -OCH3 is 1. The average molecular weight is 399 g/mol. The van der Waals surface area contributed by atoms with Gasteiger partial charge in [0.15, 0.2) is 0 Å². The SMILES string of the molecule is COc1ccccc1/C=C1\SC(=O)N(NC(=O)c2ccc([N+](=O)[O-])cc2)C1=O. The zero-order valence-corrected chi connectivity index (χ0v) is 15.3. The van der Waals surface area contributed by atoms with Gasteiger partial charge in [-0.15, -0.1) is 0 Å². The Labute approximate surface area is 163 Å². The Morgan fingerprint density at radius 1 is 1.18 bits per heavy atom. The minimum Gasteiger partial charge on any atom is -0.496 e. The first-order chi connectivity index (χ1) is 13.4. The van der Waals surface area contributed by atoms with Crippen LogP contribution in [-0.4, -0.2) is 34.1 Å². The van der Waals surface area contributed by atoms with Crippen LogP contribution in [0.1, 0.15) is 15.9 Å². The second-order valence-electron chi connectivity index (χ2n) is 5.50. The number of imide groups is 1. The van der Waals surface area contributed by atoms with Gasteiger partial charge in [0.2, 0.25) is 0 Å². The Balaban J connectivity index is 1.77. The summed E-state index contributed by atoms with van der Waals surface area (Å²) in [4.78, 5) is 47.1. The molecular formula is C18H13N3O6S. The number of hydrazine groups is 1. The van der Waals surface area contributed by atoms with Crippen LogP contribution in [-0.2, 0) is 4.79 Å². The van der Waals surface area contributed by atoms with Gasteiger partial charge in [-0.2, -0.15) is 5.01 Å². The van der Waals surface area contributed by atoms with Gasteiger partial charge in [0, 0.05) is 23.3 Å². The number of hydrogen-bond donors (Lipinski definition) is 1. The summed E-state index contributed by atoms with van der Waals surface area (Å²) in [5.41, 5.74) is 2.72. The molecule has 2 aromatic carbocycles. The summed E-state index contributed by atoms with van der Waals surface area (Å²) in [7, 11) is 1.49. The molecule has 1 aliphatic heterocycles. The maximum absolute atomic E-state index is 12.5. The molecule has 0 unspecified atom stereocenters. The van der Waals surface area contributed by atoms with Gasteiger partial charge in [-0.3, -0.25) is 29.9 Å². The van der Waals surface area contributed by atoms with Gasteiger partial charge in [-0.1, -0.05) is 18.2 Å². The fraction of sp³-hybridized carbons (Fsp3) is 0.0556. The Bertz CT molecular complexity index is 1000. The molecule has 1 fully saturated rings. The molecule has 0 bridgehead atoms. The smallest absolute Gasteiger partial charge is 0.312 e. The molecule has 0 radical (unpaired) electrons. The van der Waals surface area contributed by atoms with Crippen molar-refractivity contribution >= 4 is 40.6 Å². The van der Waals surface area contributed by atoms with Crippen molar-refractivity contribution < 1.29 is 24.0 Å². The molecule has 9 nitrogen and oxygen atoms in total. The van der Waals surface area contributed by atoms with E-state index in [1.807, 2.05) is 0 Å². The van der Waals surface area contributed by atoms with Crippen molar-refractivity contribution in [3.8, 4) is 5.75 Å². The van der Waals surface area contributed by atoms with Crippen LogP contribution in [0.15, 0.2) is 53.4 Å². The standard InChI is InChI=1S/C18H13N3O6S/c1-27-14-5-3-2-4-12(14)10-15-17(23)20(18(24)28-15)19-16(22)11-6-8-13(9-7-11)21(25)26/h2-10H,1H3,(H,19,22)/b15-10-. The van der Waals surface area contributed by atoms with E-state index in [0.29, 0.717) is 28.1 Å². The number of carbonyl (C=O) groups excluding carboxylic acids is 3. The molecule has 1 heterocycles. The van der Waals surface area contributed by atoms with Gasteiger partial charge in [0.1, 0.15) is 5.75 Å². The van der Waals surface area contributed by atoms with E-state index >= 15 is 0 Å². The average Bonchev–Trinajstić information content (AvgIpc) is 2.95. The number of rotatable bonds is 5. The van der Waals surface area contributed by atoms with E-state index in [1.165, 1.54) is 25.3 Å². The van der Waals surface area contributed by atoms with Crippen LogP contribution in [0.5, 0.6) is 5.75 Å². The highest BCUT2D eigenvalue weighted by Gasteiger charge is 2.37. The topological polar surface area (TPSA) is 119 Å². The number of carbonyl (C=O) groups is 3. The molecular weight excluding hydrogens is 386 g/mol. The number of benzene rings is 2. The van der Waals surface area contributed by atoms with E-state index in [2.05, 4.69) is 5.43 Å². The number of ether oxygens (including phenoxy) is 1. The molecule has 3 amide bonds. The van der Waals surface area contributed by atoms with Gasteiger partial charge in [0.25, 0.3) is 17.5 Å². The highest BCUT2D eigenvalue weighted by Crippen LogP contribution is 2.33. The third-order valence-corrected chi connectivity index (χ3v) is 4.64. The number of para-hydroxylation sites is 1. The predicted molar refractivity (Wildman–Crippen MR) is 101 cm³/mol. The predicted octanol–water partition coefficient (Wildman–Crippen LogP) is 2.98. The summed E-state index contributed by atoms with van der Waals surface area (Å²) in [6.45, 7) is 0. The number of nitro groups is 1. The molecule has 28 heavy (non-hydrogen) atoms. The molecule has 1 N–H and O–H groups in total. The molecule has 1 saturated heterocycles. The second kappa shape index (κ2) is 7.92. The van der Waals surface area contributed by atoms with Crippen LogP contribution in [0.4, 0.5) is 10.5 Å². The van der Waals surface area contributed by atoms with E-state index in [-0.39, 0.29) is 16.2 Å². The summed E-state index contributed by atoms with van der Waals surface area (Å²) in [5.74, 6) is -0.892. The molecule has 0 saturated carbocycles. The number of non-ortho nitro benzene ring substituents is 1. The first-order valence-electron chi connectivity index (χ1n) is 7.87. The van der Waals surface area contributed by atoms with Crippen LogP contribution >= 0.6 is 11.8 Å². The van der Waals surface area contributed by atoms with E-state index in [4.69, 9.17) is 4.74 Å². The lowest BCUT2D eigenvalue weighted by Gasteiger charge is -2.13. The molecule has 1 aliphatic rings. The number of nitro benzene ring substituents is 1. The highest BCUT2D eigenvalue weighted by atomic mass is 32.2. The first kappa shape index (κ1) is 19.1. The Morgan fingerprint density at radius 3 is 2.50 bits per heavy atom. The number of amides is 3. The number of thioether (sulfide) groups is 1. The molecule has 10 heteroatoms. The summed E-state index contributed by atoms with van der Waals surface area (Å²) in [6, 6.07) is 11.7. The zero-order chi connectivity index (χ0) is 20.3. The summed E-state index contributed by atoms with van der Waals surface area (Å²) in [6.07, 6.45) is 1.50. The number of nitrogens with zero attached hydrogens (tertiary/aromatic N) is 2. The fourth-order valence-corrected chi connectivity index (χ4v) is 3.16. The second-order valence-corrected chi connectivity index (χ2v) is 6.50. The van der Waals surface area contributed by atoms with E-state index in [0.717, 1.165) is 12.1 Å². The van der Waals surface area contributed by atoms with Crippen LogP contribution in [0.3, 0.4) is 0 Å². The van der Waals surface area contributed by atoms with Crippen LogP contribution in [0.2, 0.25) is 0 Å². The lowest BCUT2D eigenvalue weighted by Crippen LogP contribution is -2.44. The van der Waals surface area contributed by atoms with Gasteiger partial charge in [0.05, 0.1) is 16.9 Å². The normalized spacial score (nSPS) is 15.0. The molecule has 0 spiro atoms.